The Hall–Kier alpha value is -0.140. The summed E-state index contributed by atoms with van der Waals surface area (Å²) in [5.74, 6) is 0. The van der Waals surface area contributed by atoms with E-state index in [-0.39, 0.29) is 23.0 Å². The fourth-order valence-corrected chi connectivity index (χ4v) is 4.03. The van der Waals surface area contributed by atoms with Crippen molar-refractivity contribution in [1.29, 1.82) is 0 Å². The van der Waals surface area contributed by atoms with Gasteiger partial charge in [0.2, 0.25) is 10.0 Å². The van der Waals surface area contributed by atoms with E-state index in [1.807, 2.05) is 0 Å². The van der Waals surface area contributed by atoms with Crippen molar-refractivity contribution in [1.82, 2.24) is 4.31 Å². The molecule has 0 bridgehead atoms. The van der Waals surface area contributed by atoms with E-state index in [9.17, 15) is 8.42 Å². The van der Waals surface area contributed by atoms with Gasteiger partial charge in [0.25, 0.3) is 0 Å². The van der Waals surface area contributed by atoms with Gasteiger partial charge in [0, 0.05) is 24.6 Å². The van der Waals surface area contributed by atoms with Crippen LogP contribution in [0, 0.1) is 0 Å². The van der Waals surface area contributed by atoms with Crippen LogP contribution in [0.1, 0.15) is 0 Å². The molecule has 7 heteroatoms. The first-order valence-electron chi connectivity index (χ1n) is 4.51. The van der Waals surface area contributed by atoms with E-state index in [4.69, 9.17) is 17.3 Å². The SMILES string of the molecule is CN(CCN)S(=O)(=O)c1c(Cl)cccc1Br. The van der Waals surface area contributed by atoms with Crippen LogP contribution >= 0.6 is 27.5 Å². The van der Waals surface area contributed by atoms with Crippen molar-refractivity contribution in [3.8, 4) is 0 Å². The Bertz CT molecular complexity index is 458. The molecule has 0 saturated heterocycles. The van der Waals surface area contributed by atoms with Crippen LogP contribution in [-0.4, -0.2) is 32.9 Å². The minimum atomic E-state index is -3.59. The van der Waals surface area contributed by atoms with Crippen LogP contribution in [0.15, 0.2) is 27.6 Å². The second kappa shape index (κ2) is 5.46. The third-order valence-corrected chi connectivity index (χ3v) is 5.34. The Morgan fingerprint density at radius 1 is 1.50 bits per heavy atom. The molecule has 0 aliphatic rings. The highest BCUT2D eigenvalue weighted by atomic mass is 79.9. The van der Waals surface area contributed by atoms with Crippen LogP contribution in [0.2, 0.25) is 5.02 Å². The lowest BCUT2D eigenvalue weighted by Crippen LogP contribution is -2.32. The average molecular weight is 328 g/mol. The maximum atomic E-state index is 12.1. The largest absolute Gasteiger partial charge is 0.329 e. The molecule has 0 heterocycles. The van der Waals surface area contributed by atoms with E-state index in [1.165, 1.54) is 17.4 Å². The van der Waals surface area contributed by atoms with Crippen molar-refractivity contribution in [2.45, 2.75) is 4.90 Å². The van der Waals surface area contributed by atoms with Crippen LogP contribution in [0.5, 0.6) is 0 Å². The zero-order chi connectivity index (χ0) is 12.3. The topological polar surface area (TPSA) is 63.4 Å². The number of likely N-dealkylation sites (N-methyl/N-ethyl adjacent to an activating group) is 1. The lowest BCUT2D eigenvalue weighted by Gasteiger charge is -2.17. The van der Waals surface area contributed by atoms with E-state index in [1.54, 1.807) is 12.1 Å². The van der Waals surface area contributed by atoms with Gasteiger partial charge in [-0.2, -0.15) is 4.31 Å². The second-order valence-electron chi connectivity index (χ2n) is 3.17. The van der Waals surface area contributed by atoms with E-state index in [0.29, 0.717) is 4.47 Å². The molecular weight excluding hydrogens is 316 g/mol. The highest BCUT2D eigenvalue weighted by molar-refractivity contribution is 9.10. The first-order chi connectivity index (χ1) is 7.41. The molecule has 90 valence electrons. The zero-order valence-corrected chi connectivity index (χ0v) is 11.8. The number of nitrogens with two attached hydrogens (primary N) is 1. The molecule has 2 N–H and O–H groups in total. The Kier molecular flexibility index (Phi) is 4.75. The highest BCUT2D eigenvalue weighted by Gasteiger charge is 2.25. The van der Waals surface area contributed by atoms with Gasteiger partial charge in [-0.05, 0) is 28.1 Å². The summed E-state index contributed by atoms with van der Waals surface area (Å²) in [7, 11) is -2.12. The molecule has 0 amide bonds. The number of hydrogen-bond acceptors (Lipinski definition) is 3. The van der Waals surface area contributed by atoms with Crippen molar-refractivity contribution in [3.63, 3.8) is 0 Å². The minimum absolute atomic E-state index is 0.0765. The van der Waals surface area contributed by atoms with Gasteiger partial charge in [0.05, 0.1) is 5.02 Å². The Labute approximate surface area is 109 Å². The number of halogens is 2. The molecule has 0 aromatic heterocycles. The van der Waals surface area contributed by atoms with Gasteiger partial charge in [0.15, 0.2) is 0 Å². The van der Waals surface area contributed by atoms with Gasteiger partial charge in [0.1, 0.15) is 4.90 Å². The summed E-state index contributed by atoms with van der Waals surface area (Å²) >= 11 is 9.07. The monoisotopic (exact) mass is 326 g/mol. The fourth-order valence-electron chi connectivity index (χ4n) is 1.19. The molecule has 0 unspecified atom stereocenters. The van der Waals surface area contributed by atoms with Gasteiger partial charge in [-0.25, -0.2) is 8.42 Å². The van der Waals surface area contributed by atoms with Gasteiger partial charge in [-0.15, -0.1) is 0 Å². The van der Waals surface area contributed by atoms with Gasteiger partial charge >= 0.3 is 0 Å². The third kappa shape index (κ3) is 2.75. The zero-order valence-electron chi connectivity index (χ0n) is 8.65. The van der Waals surface area contributed by atoms with Crippen LogP contribution in [-0.2, 0) is 10.0 Å². The van der Waals surface area contributed by atoms with Crippen molar-refractivity contribution >= 4 is 37.6 Å². The summed E-state index contributed by atoms with van der Waals surface area (Å²) in [5, 5.41) is 0.193. The van der Waals surface area contributed by atoms with Crippen LogP contribution in [0.4, 0.5) is 0 Å². The molecule has 16 heavy (non-hydrogen) atoms. The number of hydrogen-bond donors (Lipinski definition) is 1. The summed E-state index contributed by atoms with van der Waals surface area (Å²) in [6.07, 6.45) is 0. The smallest absolute Gasteiger partial charge is 0.245 e. The number of nitrogens with zero attached hydrogens (tertiary/aromatic N) is 1. The molecule has 0 aliphatic carbocycles. The molecule has 0 aliphatic heterocycles. The molecule has 1 aromatic rings. The van der Waals surface area contributed by atoms with Crippen LogP contribution in [0.3, 0.4) is 0 Å². The van der Waals surface area contributed by atoms with Crippen molar-refractivity contribution in [2.75, 3.05) is 20.1 Å². The molecule has 4 nitrogen and oxygen atoms in total. The third-order valence-electron chi connectivity index (χ3n) is 2.03. The predicted octanol–water partition coefficient (Wildman–Crippen LogP) is 1.68. The first-order valence-corrected chi connectivity index (χ1v) is 7.12. The Morgan fingerprint density at radius 3 is 2.62 bits per heavy atom. The summed E-state index contributed by atoms with van der Waals surface area (Å²) in [5.41, 5.74) is 5.33. The van der Waals surface area contributed by atoms with Crippen molar-refractivity contribution < 1.29 is 8.42 Å². The lowest BCUT2D eigenvalue weighted by atomic mass is 10.4. The second-order valence-corrected chi connectivity index (χ2v) is 6.41. The molecule has 0 radical (unpaired) electrons. The average Bonchev–Trinajstić information content (AvgIpc) is 2.17. The molecule has 0 fully saturated rings. The number of rotatable bonds is 4. The predicted molar refractivity (Wildman–Crippen MR) is 68.0 cm³/mol. The molecular formula is C9H12BrClN2O2S. The van der Waals surface area contributed by atoms with Gasteiger partial charge in [-0.1, -0.05) is 17.7 Å². The minimum Gasteiger partial charge on any atom is -0.329 e. The van der Waals surface area contributed by atoms with Crippen molar-refractivity contribution in [2.24, 2.45) is 5.73 Å². The molecule has 0 atom stereocenters. The van der Waals surface area contributed by atoms with E-state index < -0.39 is 10.0 Å². The van der Waals surface area contributed by atoms with E-state index in [2.05, 4.69) is 15.9 Å². The molecule has 1 rings (SSSR count). The Morgan fingerprint density at radius 2 is 2.12 bits per heavy atom. The summed E-state index contributed by atoms with van der Waals surface area (Å²) in [6, 6.07) is 4.85. The Balaban J connectivity index is 3.27. The molecule has 1 aromatic carbocycles. The van der Waals surface area contributed by atoms with E-state index >= 15 is 0 Å². The molecule has 0 spiro atoms. The maximum absolute atomic E-state index is 12.1. The summed E-state index contributed by atoms with van der Waals surface area (Å²) < 4.78 is 25.9. The molecule has 0 saturated carbocycles. The van der Waals surface area contributed by atoms with Gasteiger partial charge < -0.3 is 5.73 Å². The normalized spacial score (nSPS) is 12.1. The summed E-state index contributed by atoms with van der Waals surface area (Å²) in [4.78, 5) is 0.0765. The number of benzene rings is 1. The van der Waals surface area contributed by atoms with Crippen LogP contribution < -0.4 is 5.73 Å². The van der Waals surface area contributed by atoms with Crippen LogP contribution in [0.25, 0.3) is 0 Å². The lowest BCUT2D eigenvalue weighted by molar-refractivity contribution is 0.476. The number of sulfonamides is 1. The quantitative estimate of drug-likeness (QED) is 0.915. The highest BCUT2D eigenvalue weighted by Crippen LogP contribution is 2.30. The standard InChI is InChI=1S/C9H12BrClN2O2S/c1-13(6-5-12)16(14,15)9-7(10)3-2-4-8(9)11/h2-4H,5-6,12H2,1H3. The first kappa shape index (κ1) is 13.9. The summed E-state index contributed by atoms with van der Waals surface area (Å²) in [6.45, 7) is 0.512. The van der Waals surface area contributed by atoms with E-state index in [0.717, 1.165) is 0 Å². The van der Waals surface area contributed by atoms with Crippen molar-refractivity contribution in [3.05, 3.63) is 27.7 Å². The van der Waals surface area contributed by atoms with Gasteiger partial charge in [-0.3, -0.25) is 0 Å². The fraction of sp³-hybridized carbons (Fsp3) is 0.333. The maximum Gasteiger partial charge on any atom is 0.245 e.